The van der Waals surface area contributed by atoms with Gasteiger partial charge in [0.25, 0.3) is 5.56 Å². The molecular formula is C19H20N6OS2. The van der Waals surface area contributed by atoms with Crippen molar-refractivity contribution in [2.45, 2.75) is 31.0 Å². The average molecular weight is 413 g/mol. The quantitative estimate of drug-likeness (QED) is 0.250. The van der Waals surface area contributed by atoms with Crippen LogP contribution in [0, 0.1) is 0 Å². The minimum atomic E-state index is 0.0361. The van der Waals surface area contributed by atoms with Crippen molar-refractivity contribution in [3.05, 3.63) is 52.1 Å². The second kappa shape index (κ2) is 8.66. The van der Waals surface area contributed by atoms with Crippen molar-refractivity contribution >= 4 is 33.3 Å². The monoisotopic (exact) mass is 412 g/mol. The number of tetrazole rings is 1. The van der Waals surface area contributed by atoms with Crippen LogP contribution in [-0.2, 0) is 13.6 Å². The van der Waals surface area contributed by atoms with Gasteiger partial charge in [0.15, 0.2) is 5.16 Å². The smallest absolute Gasteiger partial charge is 0.271 e. The predicted molar refractivity (Wildman–Crippen MR) is 113 cm³/mol. The maximum atomic E-state index is 12.3. The largest absolute Gasteiger partial charge is 0.290 e. The fraction of sp³-hybridized carbons (Fsp3) is 0.316. The summed E-state index contributed by atoms with van der Waals surface area (Å²) in [5, 5.41) is 15.4. The van der Waals surface area contributed by atoms with Gasteiger partial charge in [-0.1, -0.05) is 48.5 Å². The van der Waals surface area contributed by atoms with Gasteiger partial charge in [0.2, 0.25) is 5.82 Å². The van der Waals surface area contributed by atoms with Gasteiger partial charge in [-0.3, -0.25) is 9.36 Å². The second-order valence-corrected chi connectivity index (χ2v) is 8.36. The van der Waals surface area contributed by atoms with E-state index >= 15 is 0 Å². The van der Waals surface area contributed by atoms with Crippen LogP contribution in [0.25, 0.3) is 21.6 Å². The molecule has 9 heteroatoms. The molecule has 0 fully saturated rings. The summed E-state index contributed by atoms with van der Waals surface area (Å²) in [7, 11) is 1.79. The molecule has 0 saturated heterocycles. The molecule has 0 atom stereocenters. The summed E-state index contributed by atoms with van der Waals surface area (Å²) in [6.07, 6.45) is 3.09. The lowest BCUT2D eigenvalue weighted by molar-refractivity contribution is 0.487. The van der Waals surface area contributed by atoms with Gasteiger partial charge in [-0.05, 0) is 29.5 Å². The Morgan fingerprint density at radius 1 is 1.11 bits per heavy atom. The minimum absolute atomic E-state index is 0.0361. The van der Waals surface area contributed by atoms with E-state index in [-0.39, 0.29) is 5.56 Å². The number of aromatic nitrogens is 6. The number of nitrogens with zero attached hydrogens (tertiary/aromatic N) is 6. The van der Waals surface area contributed by atoms with Crippen molar-refractivity contribution in [2.75, 3.05) is 5.75 Å². The van der Waals surface area contributed by atoms with E-state index in [1.165, 1.54) is 11.3 Å². The molecule has 144 valence electrons. The van der Waals surface area contributed by atoms with E-state index in [1.54, 1.807) is 28.2 Å². The van der Waals surface area contributed by atoms with Crippen LogP contribution in [0.5, 0.6) is 0 Å². The maximum Gasteiger partial charge on any atom is 0.271 e. The topological polar surface area (TPSA) is 78.5 Å². The molecule has 4 rings (SSSR count). The lowest BCUT2D eigenvalue weighted by Crippen LogP contribution is -2.18. The van der Waals surface area contributed by atoms with E-state index in [2.05, 4.69) is 20.4 Å². The van der Waals surface area contributed by atoms with Crippen LogP contribution in [0.3, 0.4) is 0 Å². The highest BCUT2D eigenvalue weighted by molar-refractivity contribution is 7.99. The molecule has 0 saturated carbocycles. The normalized spacial score (nSPS) is 11.3. The molecule has 0 spiro atoms. The van der Waals surface area contributed by atoms with Gasteiger partial charge in [0, 0.05) is 18.4 Å². The van der Waals surface area contributed by atoms with E-state index in [9.17, 15) is 4.79 Å². The second-order valence-electron chi connectivity index (χ2n) is 6.38. The van der Waals surface area contributed by atoms with Crippen molar-refractivity contribution in [3.63, 3.8) is 0 Å². The Hall–Kier alpha value is -2.52. The maximum absolute atomic E-state index is 12.3. The molecule has 7 nitrogen and oxygen atoms in total. The molecule has 0 N–H and O–H groups in total. The first-order valence-electron chi connectivity index (χ1n) is 9.12. The molecule has 0 radical (unpaired) electrons. The number of thiophene rings is 1. The number of aryl methyl sites for hydroxylation is 1. The SMILES string of the molecule is Cn1c(SCCCCCn2nnc(-c3ccccc3)n2)nc2ccsc2c1=O. The van der Waals surface area contributed by atoms with Crippen LogP contribution in [0.15, 0.2) is 51.7 Å². The Morgan fingerprint density at radius 2 is 1.96 bits per heavy atom. The first-order chi connectivity index (χ1) is 13.7. The summed E-state index contributed by atoms with van der Waals surface area (Å²) in [4.78, 5) is 18.6. The third-order valence-electron chi connectivity index (χ3n) is 4.36. The van der Waals surface area contributed by atoms with E-state index < -0.39 is 0 Å². The van der Waals surface area contributed by atoms with E-state index in [4.69, 9.17) is 0 Å². The first-order valence-corrected chi connectivity index (χ1v) is 11.0. The lowest BCUT2D eigenvalue weighted by atomic mass is 10.2. The molecule has 0 aliphatic rings. The molecule has 0 aliphatic heterocycles. The van der Waals surface area contributed by atoms with Crippen molar-refractivity contribution in [2.24, 2.45) is 7.05 Å². The van der Waals surface area contributed by atoms with Crippen LogP contribution in [0.4, 0.5) is 0 Å². The Balaban J connectivity index is 1.23. The van der Waals surface area contributed by atoms with E-state index in [0.717, 1.165) is 52.5 Å². The molecule has 0 bridgehead atoms. The highest BCUT2D eigenvalue weighted by Gasteiger charge is 2.09. The van der Waals surface area contributed by atoms with Crippen molar-refractivity contribution in [3.8, 4) is 11.4 Å². The fourth-order valence-corrected chi connectivity index (χ4v) is 4.61. The number of unbranched alkanes of at least 4 members (excludes halogenated alkanes) is 2. The summed E-state index contributed by atoms with van der Waals surface area (Å²) in [6.45, 7) is 0.752. The Kier molecular flexibility index (Phi) is 5.82. The van der Waals surface area contributed by atoms with Crippen LogP contribution in [-0.4, -0.2) is 35.5 Å². The molecule has 3 heterocycles. The summed E-state index contributed by atoms with van der Waals surface area (Å²) in [5.74, 6) is 1.59. The van der Waals surface area contributed by atoms with E-state index in [0.29, 0.717) is 5.82 Å². The number of rotatable bonds is 8. The van der Waals surface area contributed by atoms with Gasteiger partial charge >= 0.3 is 0 Å². The third kappa shape index (κ3) is 4.15. The Labute approximate surface area is 170 Å². The van der Waals surface area contributed by atoms with Gasteiger partial charge in [-0.15, -0.1) is 21.5 Å². The lowest BCUT2D eigenvalue weighted by Gasteiger charge is -2.06. The molecule has 1 aromatic carbocycles. The summed E-state index contributed by atoms with van der Waals surface area (Å²) < 4.78 is 2.37. The van der Waals surface area contributed by atoms with Crippen LogP contribution >= 0.6 is 23.1 Å². The van der Waals surface area contributed by atoms with Crippen LogP contribution in [0.2, 0.25) is 0 Å². The van der Waals surface area contributed by atoms with Gasteiger partial charge < -0.3 is 0 Å². The minimum Gasteiger partial charge on any atom is -0.290 e. The summed E-state index contributed by atoms with van der Waals surface area (Å²) in [5.41, 5.74) is 1.81. The number of hydrogen-bond donors (Lipinski definition) is 0. The zero-order valence-electron chi connectivity index (χ0n) is 15.5. The van der Waals surface area contributed by atoms with Crippen LogP contribution < -0.4 is 5.56 Å². The fourth-order valence-electron chi connectivity index (χ4n) is 2.83. The highest BCUT2D eigenvalue weighted by Crippen LogP contribution is 2.21. The summed E-state index contributed by atoms with van der Waals surface area (Å²) >= 11 is 3.08. The number of fused-ring (bicyclic) bond motifs is 1. The van der Waals surface area contributed by atoms with Crippen molar-refractivity contribution < 1.29 is 0 Å². The van der Waals surface area contributed by atoms with Crippen molar-refractivity contribution in [1.29, 1.82) is 0 Å². The van der Waals surface area contributed by atoms with Crippen LogP contribution in [0.1, 0.15) is 19.3 Å². The molecular weight excluding hydrogens is 392 g/mol. The molecule has 0 aliphatic carbocycles. The standard InChI is InChI=1S/C19H20N6OS2/c1-24-18(26)16-15(10-13-27-16)20-19(24)28-12-7-3-6-11-25-22-17(21-23-25)14-8-4-2-5-9-14/h2,4-5,8-10,13H,3,6-7,11-12H2,1H3. The van der Waals surface area contributed by atoms with Crippen molar-refractivity contribution in [1.82, 2.24) is 29.8 Å². The molecule has 0 unspecified atom stereocenters. The number of benzene rings is 1. The third-order valence-corrected chi connectivity index (χ3v) is 6.37. The number of hydrogen-bond acceptors (Lipinski definition) is 7. The zero-order chi connectivity index (χ0) is 19.3. The Bertz CT molecular complexity index is 1120. The average Bonchev–Trinajstić information content (AvgIpc) is 3.38. The Morgan fingerprint density at radius 3 is 2.82 bits per heavy atom. The number of thioether (sulfide) groups is 1. The molecule has 4 aromatic rings. The van der Waals surface area contributed by atoms with E-state index in [1.807, 2.05) is 41.8 Å². The first kappa shape index (κ1) is 18.8. The van der Waals surface area contributed by atoms with Gasteiger partial charge in [-0.25, -0.2) is 4.98 Å². The predicted octanol–water partition coefficient (Wildman–Crippen LogP) is 3.61. The van der Waals surface area contributed by atoms with Gasteiger partial charge in [0.05, 0.1) is 12.1 Å². The summed E-state index contributed by atoms with van der Waals surface area (Å²) in [6, 6.07) is 11.8. The highest BCUT2D eigenvalue weighted by atomic mass is 32.2. The molecule has 0 amide bonds. The van der Waals surface area contributed by atoms with Gasteiger partial charge in [0.1, 0.15) is 4.70 Å². The molecule has 28 heavy (non-hydrogen) atoms. The molecule has 3 aromatic heterocycles. The van der Waals surface area contributed by atoms with Gasteiger partial charge in [-0.2, -0.15) is 4.80 Å². The zero-order valence-corrected chi connectivity index (χ0v) is 17.1.